The second-order valence-corrected chi connectivity index (χ2v) is 8.65. The van der Waals surface area contributed by atoms with E-state index in [0.717, 1.165) is 12.0 Å². The maximum absolute atomic E-state index is 13.0. The number of nitrogens with zero attached hydrogens (tertiary/aromatic N) is 1. The summed E-state index contributed by atoms with van der Waals surface area (Å²) >= 11 is 0. The van der Waals surface area contributed by atoms with Crippen molar-refractivity contribution in [2.75, 3.05) is 11.4 Å². The molecular weight excluding hydrogens is 384 g/mol. The van der Waals surface area contributed by atoms with Gasteiger partial charge in [-0.15, -0.1) is 0 Å². The number of hydrogen-bond donors (Lipinski definition) is 1. The summed E-state index contributed by atoms with van der Waals surface area (Å²) in [7, 11) is -2.28. The largest absolute Gasteiger partial charge is 0.345 e. The van der Waals surface area contributed by atoms with Crippen LogP contribution >= 0.6 is 0 Å². The Kier molecular flexibility index (Phi) is 6.34. The van der Waals surface area contributed by atoms with Crippen LogP contribution in [0.1, 0.15) is 35.3 Å². The van der Waals surface area contributed by atoms with Gasteiger partial charge in [-0.2, -0.15) is 0 Å². The van der Waals surface area contributed by atoms with E-state index in [1.165, 1.54) is 23.5 Å². The van der Waals surface area contributed by atoms with Gasteiger partial charge in [-0.05, 0) is 42.3 Å². The van der Waals surface area contributed by atoms with Crippen LogP contribution in [0.3, 0.4) is 0 Å². The average molecular weight is 409 g/mol. The second-order valence-electron chi connectivity index (χ2n) is 6.68. The molecule has 6 heteroatoms. The first-order valence-electron chi connectivity index (χ1n) is 9.43. The quantitative estimate of drug-likeness (QED) is 0.630. The first-order valence-corrected chi connectivity index (χ1v) is 10.9. The molecule has 3 aromatic rings. The van der Waals surface area contributed by atoms with E-state index in [0.29, 0.717) is 11.3 Å². The summed E-state index contributed by atoms with van der Waals surface area (Å²) in [6.07, 6.45) is 0.727. The minimum Gasteiger partial charge on any atom is -0.345 e. The van der Waals surface area contributed by atoms with Crippen molar-refractivity contribution in [2.45, 2.75) is 24.3 Å². The molecule has 0 radical (unpaired) electrons. The Labute approximate surface area is 172 Å². The normalized spacial score (nSPS) is 12.2. The predicted molar refractivity (Wildman–Crippen MR) is 115 cm³/mol. The van der Waals surface area contributed by atoms with E-state index >= 15 is 0 Å². The minimum absolute atomic E-state index is 0.0734. The van der Waals surface area contributed by atoms with E-state index in [-0.39, 0.29) is 16.8 Å². The Morgan fingerprint density at radius 3 is 2.17 bits per heavy atom. The minimum atomic E-state index is -3.78. The highest BCUT2D eigenvalue weighted by molar-refractivity contribution is 7.92. The van der Waals surface area contributed by atoms with Crippen LogP contribution < -0.4 is 9.62 Å². The Hall–Kier alpha value is -3.12. The van der Waals surface area contributed by atoms with Crippen LogP contribution in [0.15, 0.2) is 89.8 Å². The van der Waals surface area contributed by atoms with E-state index in [4.69, 9.17) is 0 Å². The van der Waals surface area contributed by atoms with E-state index in [9.17, 15) is 13.2 Å². The molecule has 1 atom stereocenters. The van der Waals surface area contributed by atoms with Gasteiger partial charge in [0.05, 0.1) is 16.6 Å². The molecule has 3 aromatic carbocycles. The van der Waals surface area contributed by atoms with Crippen molar-refractivity contribution in [3.05, 3.63) is 96.1 Å². The number of amides is 1. The number of rotatable bonds is 7. The molecule has 5 nitrogen and oxygen atoms in total. The van der Waals surface area contributed by atoms with Crippen LogP contribution in [0, 0.1) is 0 Å². The van der Waals surface area contributed by atoms with Crippen LogP contribution in [0.5, 0.6) is 0 Å². The Balaban J connectivity index is 1.84. The SMILES string of the molecule is CC[C@H](NC(=O)c1cccc(S(=O)(=O)N(C)c2ccccc2)c1)c1ccccc1. The third kappa shape index (κ3) is 4.66. The molecule has 29 heavy (non-hydrogen) atoms. The number of carbonyl (C=O) groups excluding carboxylic acids is 1. The van der Waals surface area contributed by atoms with Crippen LogP contribution in [-0.4, -0.2) is 21.4 Å². The zero-order valence-corrected chi connectivity index (χ0v) is 17.3. The zero-order chi connectivity index (χ0) is 20.9. The molecule has 0 heterocycles. The van der Waals surface area contributed by atoms with Crippen LogP contribution in [0.2, 0.25) is 0 Å². The van der Waals surface area contributed by atoms with Gasteiger partial charge in [0.25, 0.3) is 15.9 Å². The van der Waals surface area contributed by atoms with Gasteiger partial charge in [0.15, 0.2) is 0 Å². The molecule has 0 spiro atoms. The fraction of sp³-hybridized carbons (Fsp3) is 0.174. The van der Waals surface area contributed by atoms with Crippen molar-refractivity contribution < 1.29 is 13.2 Å². The second kappa shape index (κ2) is 8.92. The Bertz CT molecular complexity index is 1070. The molecule has 3 rings (SSSR count). The van der Waals surface area contributed by atoms with Crippen molar-refractivity contribution in [1.82, 2.24) is 5.32 Å². The molecular formula is C23H24N2O3S. The molecule has 0 aliphatic carbocycles. The summed E-state index contributed by atoms with van der Waals surface area (Å²) in [6.45, 7) is 1.99. The smallest absolute Gasteiger partial charge is 0.264 e. The summed E-state index contributed by atoms with van der Waals surface area (Å²) in [4.78, 5) is 12.9. The first kappa shape index (κ1) is 20.6. The van der Waals surface area contributed by atoms with Gasteiger partial charge < -0.3 is 5.32 Å². The number of hydrogen-bond acceptors (Lipinski definition) is 3. The molecule has 0 aromatic heterocycles. The lowest BCUT2D eigenvalue weighted by Gasteiger charge is -2.20. The van der Waals surface area contributed by atoms with Crippen LogP contribution in [-0.2, 0) is 10.0 Å². The molecule has 0 saturated heterocycles. The van der Waals surface area contributed by atoms with Gasteiger partial charge in [-0.1, -0.05) is 61.5 Å². The third-order valence-electron chi connectivity index (χ3n) is 4.79. The summed E-state index contributed by atoms with van der Waals surface area (Å²) in [6, 6.07) is 24.5. The maximum Gasteiger partial charge on any atom is 0.264 e. The highest BCUT2D eigenvalue weighted by Crippen LogP contribution is 2.23. The molecule has 150 valence electrons. The fourth-order valence-corrected chi connectivity index (χ4v) is 4.32. The highest BCUT2D eigenvalue weighted by atomic mass is 32.2. The van der Waals surface area contributed by atoms with Crippen molar-refractivity contribution in [2.24, 2.45) is 0 Å². The number of benzene rings is 3. The predicted octanol–water partition coefficient (Wildman–Crippen LogP) is 4.39. The van der Waals surface area contributed by atoms with E-state index in [1.807, 2.05) is 43.3 Å². The first-order chi connectivity index (χ1) is 13.9. The molecule has 0 aliphatic heterocycles. The number of para-hydroxylation sites is 1. The van der Waals surface area contributed by atoms with Gasteiger partial charge in [0, 0.05) is 12.6 Å². The summed E-state index contributed by atoms with van der Waals surface area (Å²) in [5.74, 6) is -0.305. The molecule has 0 fully saturated rings. The molecule has 0 saturated carbocycles. The van der Waals surface area contributed by atoms with Gasteiger partial charge in [-0.25, -0.2) is 8.42 Å². The Morgan fingerprint density at radius 1 is 0.931 bits per heavy atom. The maximum atomic E-state index is 13.0. The molecule has 1 N–H and O–H groups in total. The van der Waals surface area contributed by atoms with Crippen molar-refractivity contribution in [1.29, 1.82) is 0 Å². The van der Waals surface area contributed by atoms with Crippen molar-refractivity contribution in [3.8, 4) is 0 Å². The zero-order valence-electron chi connectivity index (χ0n) is 16.4. The number of nitrogens with one attached hydrogen (secondary N) is 1. The van der Waals surface area contributed by atoms with Gasteiger partial charge in [0.2, 0.25) is 0 Å². The fourth-order valence-electron chi connectivity index (χ4n) is 3.08. The van der Waals surface area contributed by atoms with Crippen LogP contribution in [0.4, 0.5) is 5.69 Å². The average Bonchev–Trinajstić information content (AvgIpc) is 2.78. The van der Waals surface area contributed by atoms with E-state index < -0.39 is 10.0 Å². The van der Waals surface area contributed by atoms with Gasteiger partial charge in [-0.3, -0.25) is 9.10 Å². The number of anilines is 1. The van der Waals surface area contributed by atoms with Gasteiger partial charge >= 0.3 is 0 Å². The topological polar surface area (TPSA) is 66.5 Å². The van der Waals surface area contributed by atoms with Gasteiger partial charge in [0.1, 0.15) is 0 Å². The lowest BCUT2D eigenvalue weighted by Crippen LogP contribution is -2.29. The Morgan fingerprint density at radius 2 is 1.55 bits per heavy atom. The molecule has 0 bridgehead atoms. The number of carbonyl (C=O) groups is 1. The monoisotopic (exact) mass is 408 g/mol. The lowest BCUT2D eigenvalue weighted by atomic mass is 10.0. The standard InChI is InChI=1S/C23H24N2O3S/c1-3-22(18-11-6-4-7-12-18)24-23(26)19-13-10-16-21(17-19)29(27,28)25(2)20-14-8-5-9-15-20/h4-17,22H,3H2,1-2H3,(H,24,26)/t22-/m0/s1. The van der Waals surface area contributed by atoms with Crippen molar-refractivity contribution in [3.63, 3.8) is 0 Å². The summed E-state index contributed by atoms with van der Waals surface area (Å²) in [5, 5.41) is 2.99. The number of sulfonamides is 1. The molecule has 0 aliphatic rings. The molecule has 0 unspecified atom stereocenters. The summed E-state index contributed by atoms with van der Waals surface area (Å²) in [5.41, 5.74) is 1.87. The summed E-state index contributed by atoms with van der Waals surface area (Å²) < 4.78 is 27.2. The third-order valence-corrected chi connectivity index (χ3v) is 6.57. The van der Waals surface area contributed by atoms with Crippen LogP contribution in [0.25, 0.3) is 0 Å². The lowest BCUT2D eigenvalue weighted by molar-refractivity contribution is 0.0935. The molecule has 1 amide bonds. The van der Waals surface area contributed by atoms with Crippen molar-refractivity contribution >= 4 is 21.6 Å². The highest BCUT2D eigenvalue weighted by Gasteiger charge is 2.23. The van der Waals surface area contributed by atoms with E-state index in [2.05, 4.69) is 5.32 Å². The van der Waals surface area contributed by atoms with E-state index in [1.54, 1.807) is 36.4 Å².